The van der Waals surface area contributed by atoms with Crippen LogP contribution < -0.4 is 10.5 Å². The minimum absolute atomic E-state index is 0.253. The van der Waals surface area contributed by atoms with Crippen LogP contribution in [-0.4, -0.2) is 21.9 Å². The Kier molecular flexibility index (Phi) is 4.31. The Bertz CT molecular complexity index is 553. The molecule has 0 aliphatic heterocycles. The number of nitrogen functional groups attached to an aromatic ring is 1. The molecule has 2 aromatic rings. The van der Waals surface area contributed by atoms with Gasteiger partial charge in [-0.25, -0.2) is 0 Å². The Morgan fingerprint density at radius 2 is 2.16 bits per heavy atom. The van der Waals surface area contributed by atoms with Crippen molar-refractivity contribution in [1.29, 1.82) is 0 Å². The van der Waals surface area contributed by atoms with Gasteiger partial charge in [0.05, 0.1) is 7.11 Å². The minimum Gasteiger partial charge on any atom is -0.497 e. The zero-order chi connectivity index (χ0) is 13.8. The van der Waals surface area contributed by atoms with Crippen LogP contribution in [0.3, 0.4) is 0 Å². The SMILES string of the molecule is COc1cccc(CSc2nnc(N)n2C(C)C)c1. The van der Waals surface area contributed by atoms with Gasteiger partial charge in [-0.2, -0.15) is 0 Å². The molecule has 102 valence electrons. The van der Waals surface area contributed by atoms with Gasteiger partial charge >= 0.3 is 0 Å². The van der Waals surface area contributed by atoms with Gasteiger partial charge in [0.25, 0.3) is 0 Å². The van der Waals surface area contributed by atoms with Crippen molar-refractivity contribution >= 4 is 17.7 Å². The normalized spacial score (nSPS) is 10.9. The van der Waals surface area contributed by atoms with Crippen LogP contribution in [-0.2, 0) is 5.75 Å². The maximum absolute atomic E-state index is 5.81. The molecule has 0 saturated carbocycles. The first-order valence-electron chi connectivity index (χ1n) is 6.08. The molecule has 0 atom stereocenters. The number of aromatic nitrogens is 3. The Balaban J connectivity index is 2.10. The van der Waals surface area contributed by atoms with Gasteiger partial charge in [0, 0.05) is 11.8 Å². The van der Waals surface area contributed by atoms with Gasteiger partial charge in [0.1, 0.15) is 5.75 Å². The van der Waals surface area contributed by atoms with Crippen LogP contribution in [0.25, 0.3) is 0 Å². The Labute approximate surface area is 117 Å². The zero-order valence-corrected chi connectivity index (χ0v) is 12.1. The third-order valence-electron chi connectivity index (χ3n) is 2.71. The van der Waals surface area contributed by atoms with E-state index in [1.807, 2.05) is 22.8 Å². The average molecular weight is 278 g/mol. The van der Waals surface area contributed by atoms with Crippen molar-refractivity contribution in [3.8, 4) is 5.75 Å². The van der Waals surface area contributed by atoms with E-state index in [0.717, 1.165) is 16.7 Å². The Hall–Kier alpha value is -1.69. The molecule has 19 heavy (non-hydrogen) atoms. The lowest BCUT2D eigenvalue weighted by Gasteiger charge is -2.11. The number of benzene rings is 1. The predicted octanol–water partition coefficient (Wildman–Crippen LogP) is 2.74. The smallest absolute Gasteiger partial charge is 0.222 e. The summed E-state index contributed by atoms with van der Waals surface area (Å²) < 4.78 is 7.15. The van der Waals surface area contributed by atoms with Crippen LogP contribution in [0.4, 0.5) is 5.95 Å². The van der Waals surface area contributed by atoms with Gasteiger partial charge in [-0.3, -0.25) is 4.57 Å². The molecule has 0 fully saturated rings. The molecule has 1 aromatic heterocycles. The summed E-state index contributed by atoms with van der Waals surface area (Å²) in [6.07, 6.45) is 0. The summed E-state index contributed by atoms with van der Waals surface area (Å²) in [5.74, 6) is 2.13. The van der Waals surface area contributed by atoms with Crippen molar-refractivity contribution in [3.05, 3.63) is 29.8 Å². The second kappa shape index (κ2) is 5.97. The van der Waals surface area contributed by atoms with E-state index in [1.165, 1.54) is 5.56 Å². The van der Waals surface area contributed by atoms with Crippen molar-refractivity contribution in [2.24, 2.45) is 0 Å². The van der Waals surface area contributed by atoms with E-state index < -0.39 is 0 Å². The summed E-state index contributed by atoms with van der Waals surface area (Å²) in [6.45, 7) is 4.13. The van der Waals surface area contributed by atoms with Crippen LogP contribution in [0.15, 0.2) is 29.4 Å². The number of nitrogens with two attached hydrogens (primary N) is 1. The standard InChI is InChI=1S/C13H18N4OS/c1-9(2)17-12(14)15-16-13(17)19-8-10-5-4-6-11(7-10)18-3/h4-7,9H,8H2,1-3H3,(H2,14,15). The maximum atomic E-state index is 5.81. The monoisotopic (exact) mass is 278 g/mol. The molecule has 0 amide bonds. The Morgan fingerprint density at radius 1 is 1.37 bits per heavy atom. The number of methoxy groups -OCH3 is 1. The lowest BCUT2D eigenvalue weighted by atomic mass is 10.2. The summed E-state index contributed by atoms with van der Waals surface area (Å²) >= 11 is 1.62. The van der Waals surface area contributed by atoms with Gasteiger partial charge in [-0.1, -0.05) is 23.9 Å². The molecule has 1 aromatic carbocycles. The van der Waals surface area contributed by atoms with Crippen LogP contribution in [0.2, 0.25) is 0 Å². The topological polar surface area (TPSA) is 66.0 Å². The molecular weight excluding hydrogens is 260 g/mol. The molecular formula is C13H18N4OS. The third kappa shape index (κ3) is 3.20. The molecule has 5 nitrogen and oxygen atoms in total. The second-order valence-electron chi connectivity index (χ2n) is 4.44. The molecule has 0 saturated heterocycles. The highest BCUT2D eigenvalue weighted by Gasteiger charge is 2.12. The average Bonchev–Trinajstić information content (AvgIpc) is 2.78. The van der Waals surface area contributed by atoms with E-state index >= 15 is 0 Å². The highest BCUT2D eigenvalue weighted by molar-refractivity contribution is 7.98. The minimum atomic E-state index is 0.253. The number of rotatable bonds is 5. The molecule has 0 aliphatic rings. The van der Waals surface area contributed by atoms with E-state index in [4.69, 9.17) is 10.5 Å². The van der Waals surface area contributed by atoms with Crippen molar-refractivity contribution in [3.63, 3.8) is 0 Å². The van der Waals surface area contributed by atoms with E-state index in [0.29, 0.717) is 5.95 Å². The quantitative estimate of drug-likeness (QED) is 0.852. The zero-order valence-electron chi connectivity index (χ0n) is 11.3. The van der Waals surface area contributed by atoms with Crippen molar-refractivity contribution in [1.82, 2.24) is 14.8 Å². The van der Waals surface area contributed by atoms with Crippen LogP contribution >= 0.6 is 11.8 Å². The van der Waals surface area contributed by atoms with E-state index in [9.17, 15) is 0 Å². The van der Waals surface area contributed by atoms with Crippen molar-refractivity contribution in [2.75, 3.05) is 12.8 Å². The predicted molar refractivity (Wildman–Crippen MR) is 77.4 cm³/mol. The summed E-state index contributed by atoms with van der Waals surface area (Å²) in [4.78, 5) is 0. The number of nitrogens with zero attached hydrogens (tertiary/aromatic N) is 3. The highest BCUT2D eigenvalue weighted by Crippen LogP contribution is 2.26. The first kappa shape index (κ1) is 13.7. The summed E-state index contributed by atoms with van der Waals surface area (Å²) in [5, 5.41) is 8.89. The van der Waals surface area contributed by atoms with Crippen molar-refractivity contribution in [2.45, 2.75) is 30.8 Å². The van der Waals surface area contributed by atoms with E-state index in [-0.39, 0.29) is 6.04 Å². The van der Waals surface area contributed by atoms with Crippen LogP contribution in [0.5, 0.6) is 5.75 Å². The highest BCUT2D eigenvalue weighted by atomic mass is 32.2. The third-order valence-corrected chi connectivity index (χ3v) is 3.72. The van der Waals surface area contributed by atoms with E-state index in [2.05, 4.69) is 30.1 Å². The number of thioether (sulfide) groups is 1. The van der Waals surface area contributed by atoms with Crippen LogP contribution in [0.1, 0.15) is 25.5 Å². The molecule has 1 heterocycles. The molecule has 0 unspecified atom stereocenters. The maximum Gasteiger partial charge on any atom is 0.222 e. The number of ether oxygens (including phenoxy) is 1. The molecule has 6 heteroatoms. The Morgan fingerprint density at radius 3 is 2.84 bits per heavy atom. The number of hydrogen-bond acceptors (Lipinski definition) is 5. The molecule has 2 rings (SSSR count). The van der Waals surface area contributed by atoms with Gasteiger partial charge in [-0.05, 0) is 31.5 Å². The molecule has 0 aliphatic carbocycles. The van der Waals surface area contributed by atoms with E-state index in [1.54, 1.807) is 18.9 Å². The lowest BCUT2D eigenvalue weighted by Crippen LogP contribution is -2.07. The van der Waals surface area contributed by atoms with Crippen LogP contribution in [0, 0.1) is 0 Å². The van der Waals surface area contributed by atoms with Gasteiger partial charge in [0.2, 0.25) is 5.95 Å². The second-order valence-corrected chi connectivity index (χ2v) is 5.39. The lowest BCUT2D eigenvalue weighted by molar-refractivity contribution is 0.414. The molecule has 0 radical (unpaired) electrons. The molecule has 2 N–H and O–H groups in total. The van der Waals surface area contributed by atoms with Crippen molar-refractivity contribution < 1.29 is 4.74 Å². The first-order chi connectivity index (χ1) is 9.11. The largest absolute Gasteiger partial charge is 0.497 e. The first-order valence-corrected chi connectivity index (χ1v) is 7.06. The fourth-order valence-corrected chi connectivity index (χ4v) is 2.80. The number of hydrogen-bond donors (Lipinski definition) is 1. The fraction of sp³-hybridized carbons (Fsp3) is 0.385. The summed E-state index contributed by atoms with van der Waals surface area (Å²) in [7, 11) is 1.67. The molecule has 0 spiro atoms. The summed E-state index contributed by atoms with van der Waals surface area (Å²) in [6, 6.07) is 8.25. The van der Waals surface area contributed by atoms with Gasteiger partial charge in [0.15, 0.2) is 5.16 Å². The van der Waals surface area contributed by atoms with Gasteiger partial charge in [-0.15, -0.1) is 10.2 Å². The summed E-state index contributed by atoms with van der Waals surface area (Å²) in [5.41, 5.74) is 6.99. The number of anilines is 1. The fourth-order valence-electron chi connectivity index (χ4n) is 1.78. The van der Waals surface area contributed by atoms with Gasteiger partial charge < -0.3 is 10.5 Å². The molecule has 0 bridgehead atoms.